The topological polar surface area (TPSA) is 29.5 Å². The number of hydrogen-bond acceptors (Lipinski definition) is 2. The predicted molar refractivity (Wildman–Crippen MR) is 51.0 cm³/mol. The van der Waals surface area contributed by atoms with Crippen LogP contribution in [0.25, 0.3) is 0 Å². The monoisotopic (exact) mass is 174 g/mol. The van der Waals surface area contributed by atoms with E-state index < -0.39 is 6.29 Å². The van der Waals surface area contributed by atoms with Crippen LogP contribution in [-0.2, 0) is 4.74 Å². The quantitative estimate of drug-likeness (QED) is 0.453. The zero-order valence-electron chi connectivity index (χ0n) is 8.38. The number of rotatable bonds is 8. The van der Waals surface area contributed by atoms with Gasteiger partial charge in [0.05, 0.1) is 0 Å². The molecular weight excluding hydrogens is 152 g/mol. The Morgan fingerprint density at radius 2 is 1.83 bits per heavy atom. The van der Waals surface area contributed by atoms with E-state index in [1.807, 2.05) is 6.92 Å². The molecule has 0 aromatic rings. The summed E-state index contributed by atoms with van der Waals surface area (Å²) in [5.41, 5.74) is 0. The Hall–Kier alpha value is -0.0800. The predicted octanol–water partition coefficient (Wildman–Crippen LogP) is 2.70. The van der Waals surface area contributed by atoms with Gasteiger partial charge in [0, 0.05) is 6.61 Å². The van der Waals surface area contributed by atoms with E-state index in [-0.39, 0.29) is 0 Å². The average molecular weight is 174 g/mol. The first-order chi connectivity index (χ1) is 5.81. The lowest BCUT2D eigenvalue weighted by atomic mass is 10.1. The van der Waals surface area contributed by atoms with E-state index in [9.17, 15) is 5.11 Å². The highest BCUT2D eigenvalue weighted by Gasteiger charge is 2.01. The summed E-state index contributed by atoms with van der Waals surface area (Å²) in [6.07, 6.45) is 6.04. The number of ether oxygens (including phenoxy) is 1. The second-order valence-corrected chi connectivity index (χ2v) is 3.17. The van der Waals surface area contributed by atoms with Gasteiger partial charge in [-0.2, -0.15) is 0 Å². The maximum Gasteiger partial charge on any atom is 0.154 e. The highest BCUT2D eigenvalue weighted by atomic mass is 16.6. The molecule has 1 atom stereocenters. The van der Waals surface area contributed by atoms with Crippen LogP contribution in [0.15, 0.2) is 0 Å². The van der Waals surface area contributed by atoms with Gasteiger partial charge in [-0.05, 0) is 19.3 Å². The molecular formula is C10H22O2. The molecule has 2 heteroatoms. The smallest absolute Gasteiger partial charge is 0.154 e. The van der Waals surface area contributed by atoms with Crippen molar-refractivity contribution < 1.29 is 9.84 Å². The van der Waals surface area contributed by atoms with E-state index in [1.165, 1.54) is 19.3 Å². The van der Waals surface area contributed by atoms with Crippen molar-refractivity contribution >= 4 is 0 Å². The van der Waals surface area contributed by atoms with Crippen molar-refractivity contribution in [1.82, 2.24) is 0 Å². The molecule has 0 rings (SSSR count). The van der Waals surface area contributed by atoms with Crippen molar-refractivity contribution in [2.75, 3.05) is 6.61 Å². The standard InChI is InChI=1S/C10H22O2/c1-3-5-6-7-8-10(11)12-9-4-2/h10-11H,3-9H2,1-2H3. The van der Waals surface area contributed by atoms with Crippen molar-refractivity contribution in [2.24, 2.45) is 0 Å². The molecule has 0 aliphatic heterocycles. The third kappa shape index (κ3) is 8.02. The summed E-state index contributed by atoms with van der Waals surface area (Å²) in [5.74, 6) is 0. The molecule has 1 unspecified atom stereocenters. The first-order valence-electron chi connectivity index (χ1n) is 5.11. The van der Waals surface area contributed by atoms with Gasteiger partial charge in [0.15, 0.2) is 6.29 Å². The average Bonchev–Trinajstić information content (AvgIpc) is 2.09. The van der Waals surface area contributed by atoms with E-state index in [1.54, 1.807) is 0 Å². The molecule has 0 amide bonds. The Morgan fingerprint density at radius 1 is 1.08 bits per heavy atom. The molecule has 0 bridgehead atoms. The molecule has 0 aromatic carbocycles. The van der Waals surface area contributed by atoms with Crippen LogP contribution in [0.4, 0.5) is 0 Å². The van der Waals surface area contributed by atoms with E-state index in [2.05, 4.69) is 6.92 Å². The van der Waals surface area contributed by atoms with Gasteiger partial charge in [-0.25, -0.2) is 0 Å². The molecule has 74 valence electrons. The SMILES string of the molecule is CCCCCCC(O)OCCC. The third-order valence-electron chi connectivity index (χ3n) is 1.82. The number of aliphatic hydroxyl groups excluding tert-OH is 1. The van der Waals surface area contributed by atoms with Crippen LogP contribution in [0.3, 0.4) is 0 Å². The van der Waals surface area contributed by atoms with E-state index >= 15 is 0 Å². The Kier molecular flexibility index (Phi) is 8.95. The Balaban J connectivity index is 3.02. The first-order valence-corrected chi connectivity index (χ1v) is 5.11. The molecule has 0 aliphatic carbocycles. The van der Waals surface area contributed by atoms with Gasteiger partial charge in [0.1, 0.15) is 0 Å². The Bertz CT molecular complexity index is 83.9. The van der Waals surface area contributed by atoms with Crippen LogP contribution in [0.1, 0.15) is 52.4 Å². The third-order valence-corrected chi connectivity index (χ3v) is 1.82. The van der Waals surface area contributed by atoms with Gasteiger partial charge in [-0.15, -0.1) is 0 Å². The summed E-state index contributed by atoms with van der Waals surface area (Å²) in [7, 11) is 0. The zero-order chi connectivity index (χ0) is 9.23. The fraction of sp³-hybridized carbons (Fsp3) is 1.00. The summed E-state index contributed by atoms with van der Waals surface area (Å²) in [6, 6.07) is 0. The van der Waals surface area contributed by atoms with Crippen LogP contribution in [0.2, 0.25) is 0 Å². The molecule has 0 aliphatic rings. The van der Waals surface area contributed by atoms with Gasteiger partial charge in [-0.1, -0.05) is 33.1 Å². The molecule has 12 heavy (non-hydrogen) atoms. The lowest BCUT2D eigenvalue weighted by Gasteiger charge is -2.10. The molecule has 0 spiro atoms. The molecule has 0 radical (unpaired) electrons. The largest absolute Gasteiger partial charge is 0.368 e. The molecule has 0 saturated carbocycles. The van der Waals surface area contributed by atoms with Gasteiger partial charge in [0.2, 0.25) is 0 Å². The molecule has 0 aromatic heterocycles. The van der Waals surface area contributed by atoms with Crippen molar-refractivity contribution in [3.8, 4) is 0 Å². The Morgan fingerprint density at radius 3 is 2.42 bits per heavy atom. The van der Waals surface area contributed by atoms with E-state index in [0.29, 0.717) is 6.61 Å². The fourth-order valence-corrected chi connectivity index (χ4v) is 1.08. The molecule has 0 heterocycles. The molecule has 1 N–H and O–H groups in total. The zero-order valence-corrected chi connectivity index (χ0v) is 8.38. The summed E-state index contributed by atoms with van der Waals surface area (Å²) in [5, 5.41) is 9.26. The second-order valence-electron chi connectivity index (χ2n) is 3.17. The van der Waals surface area contributed by atoms with Crippen molar-refractivity contribution in [3.63, 3.8) is 0 Å². The number of unbranched alkanes of at least 4 members (excludes halogenated alkanes) is 3. The summed E-state index contributed by atoms with van der Waals surface area (Å²) in [6.45, 7) is 4.91. The van der Waals surface area contributed by atoms with E-state index in [0.717, 1.165) is 19.3 Å². The van der Waals surface area contributed by atoms with Crippen LogP contribution in [0.5, 0.6) is 0 Å². The summed E-state index contributed by atoms with van der Waals surface area (Å²) < 4.78 is 5.13. The molecule has 2 nitrogen and oxygen atoms in total. The maximum absolute atomic E-state index is 9.26. The Labute approximate surface area is 75.9 Å². The highest BCUT2D eigenvalue weighted by molar-refractivity contribution is 4.45. The van der Waals surface area contributed by atoms with Crippen molar-refractivity contribution in [3.05, 3.63) is 0 Å². The fourth-order valence-electron chi connectivity index (χ4n) is 1.08. The van der Waals surface area contributed by atoms with Gasteiger partial charge in [-0.3, -0.25) is 0 Å². The second kappa shape index (κ2) is 9.01. The lowest BCUT2D eigenvalue weighted by molar-refractivity contribution is -0.104. The minimum Gasteiger partial charge on any atom is -0.368 e. The summed E-state index contributed by atoms with van der Waals surface area (Å²) >= 11 is 0. The van der Waals surface area contributed by atoms with Crippen LogP contribution < -0.4 is 0 Å². The van der Waals surface area contributed by atoms with Gasteiger partial charge < -0.3 is 9.84 Å². The van der Waals surface area contributed by atoms with Crippen molar-refractivity contribution in [2.45, 2.75) is 58.7 Å². The maximum atomic E-state index is 9.26. The first kappa shape index (κ1) is 11.9. The number of hydrogen-bond donors (Lipinski definition) is 1. The highest BCUT2D eigenvalue weighted by Crippen LogP contribution is 2.06. The van der Waals surface area contributed by atoms with Gasteiger partial charge >= 0.3 is 0 Å². The van der Waals surface area contributed by atoms with E-state index in [4.69, 9.17) is 4.74 Å². The van der Waals surface area contributed by atoms with Crippen LogP contribution >= 0.6 is 0 Å². The lowest BCUT2D eigenvalue weighted by Crippen LogP contribution is -2.12. The van der Waals surface area contributed by atoms with Crippen LogP contribution in [0, 0.1) is 0 Å². The number of aliphatic hydroxyl groups is 1. The normalized spacial score (nSPS) is 13.2. The summed E-state index contributed by atoms with van der Waals surface area (Å²) in [4.78, 5) is 0. The molecule has 0 fully saturated rings. The van der Waals surface area contributed by atoms with Crippen molar-refractivity contribution in [1.29, 1.82) is 0 Å². The van der Waals surface area contributed by atoms with Gasteiger partial charge in [0.25, 0.3) is 0 Å². The minimum absolute atomic E-state index is 0.526. The minimum atomic E-state index is -0.526. The van der Waals surface area contributed by atoms with Crippen LogP contribution in [-0.4, -0.2) is 18.0 Å². The molecule has 0 saturated heterocycles.